The molecule has 29 heavy (non-hydrogen) atoms. The zero-order chi connectivity index (χ0) is 19.6. The Hall–Kier alpha value is -2.70. The number of piperidine rings is 1. The van der Waals surface area contributed by atoms with Crippen LogP contribution in [0.15, 0.2) is 60.7 Å². The van der Waals surface area contributed by atoms with E-state index in [2.05, 4.69) is 22.3 Å². The van der Waals surface area contributed by atoms with E-state index in [-0.39, 0.29) is 5.91 Å². The molecule has 0 radical (unpaired) electrons. The number of carbonyl (C=O) groups is 1. The second-order valence-corrected chi connectivity index (χ2v) is 9.26. The maximum atomic E-state index is 12.7. The third-order valence-corrected chi connectivity index (χ3v) is 7.40. The van der Waals surface area contributed by atoms with Crippen molar-refractivity contribution >= 4 is 48.9 Å². The fourth-order valence-electron chi connectivity index (χ4n) is 3.63. The molecule has 0 saturated carbocycles. The van der Waals surface area contributed by atoms with Crippen LogP contribution in [0.3, 0.4) is 0 Å². The van der Waals surface area contributed by atoms with Crippen LogP contribution in [0.5, 0.6) is 0 Å². The van der Waals surface area contributed by atoms with Crippen molar-refractivity contribution in [1.82, 2.24) is 4.98 Å². The number of carbonyl (C=O) groups excluding carboxylic acids is 1. The molecule has 146 valence electrons. The third-order valence-electron chi connectivity index (χ3n) is 5.18. The highest BCUT2D eigenvalue weighted by atomic mass is 32.1. The normalized spacial score (nSPS) is 14.3. The van der Waals surface area contributed by atoms with Crippen LogP contribution in [-0.2, 0) is 0 Å². The van der Waals surface area contributed by atoms with Gasteiger partial charge in [0.1, 0.15) is 4.83 Å². The first-order valence-corrected chi connectivity index (χ1v) is 11.5. The molecule has 1 fully saturated rings. The lowest BCUT2D eigenvalue weighted by Gasteiger charge is -2.25. The maximum Gasteiger partial charge on any atom is 0.265 e. The smallest absolute Gasteiger partial charge is 0.265 e. The van der Waals surface area contributed by atoms with Gasteiger partial charge in [0, 0.05) is 18.8 Å². The Morgan fingerprint density at radius 3 is 2.34 bits per heavy atom. The number of rotatable bonds is 4. The molecule has 6 heteroatoms. The quantitative estimate of drug-likeness (QED) is 0.424. The average Bonchev–Trinajstić information content (AvgIpc) is 3.35. The predicted molar refractivity (Wildman–Crippen MR) is 123 cm³/mol. The van der Waals surface area contributed by atoms with Gasteiger partial charge in [-0.1, -0.05) is 53.8 Å². The van der Waals surface area contributed by atoms with E-state index in [4.69, 9.17) is 4.98 Å². The molecule has 0 unspecified atom stereocenters. The first-order valence-electron chi connectivity index (χ1n) is 9.88. The monoisotopic (exact) mass is 419 g/mol. The number of aromatic nitrogens is 1. The summed E-state index contributed by atoms with van der Waals surface area (Å²) < 4.78 is 1.10. The Morgan fingerprint density at radius 2 is 1.62 bits per heavy atom. The molecule has 0 bridgehead atoms. The Labute approximate surface area is 177 Å². The van der Waals surface area contributed by atoms with Crippen LogP contribution in [0.2, 0.25) is 0 Å². The number of thiazole rings is 1. The summed E-state index contributed by atoms with van der Waals surface area (Å²) in [7, 11) is 0. The first kappa shape index (κ1) is 18.3. The molecule has 1 amide bonds. The topological polar surface area (TPSA) is 45.2 Å². The van der Waals surface area contributed by atoms with Gasteiger partial charge >= 0.3 is 0 Å². The summed E-state index contributed by atoms with van der Waals surface area (Å²) in [6, 6.07) is 20.2. The number of anilines is 2. The summed E-state index contributed by atoms with van der Waals surface area (Å²) in [5.74, 6) is -0.0767. The molecule has 2 aromatic carbocycles. The summed E-state index contributed by atoms with van der Waals surface area (Å²) in [5.41, 5.74) is 3.10. The van der Waals surface area contributed by atoms with Crippen LogP contribution < -0.4 is 10.2 Å². The molecule has 3 heterocycles. The van der Waals surface area contributed by atoms with Crippen molar-refractivity contribution < 1.29 is 4.79 Å². The number of amides is 1. The fraction of sp³-hybridized carbons (Fsp3) is 0.217. The Balaban J connectivity index is 1.29. The third kappa shape index (κ3) is 3.91. The number of hydrogen-bond acceptors (Lipinski definition) is 5. The van der Waals surface area contributed by atoms with E-state index in [1.54, 1.807) is 11.3 Å². The van der Waals surface area contributed by atoms with Gasteiger partial charge in [-0.3, -0.25) is 4.79 Å². The van der Waals surface area contributed by atoms with Crippen molar-refractivity contribution in [1.29, 1.82) is 0 Å². The van der Waals surface area contributed by atoms with Crippen LogP contribution in [0.1, 0.15) is 28.9 Å². The van der Waals surface area contributed by atoms with Crippen LogP contribution in [0.4, 0.5) is 10.8 Å². The minimum atomic E-state index is -0.0767. The van der Waals surface area contributed by atoms with Gasteiger partial charge in [0.25, 0.3) is 5.91 Å². The van der Waals surface area contributed by atoms with E-state index in [0.29, 0.717) is 4.88 Å². The van der Waals surface area contributed by atoms with Gasteiger partial charge in [0.05, 0.1) is 9.58 Å². The molecule has 4 aromatic rings. The summed E-state index contributed by atoms with van der Waals surface area (Å²) in [5, 5.41) is 4.10. The van der Waals surface area contributed by atoms with Crippen LogP contribution in [0, 0.1) is 0 Å². The minimum Gasteiger partial charge on any atom is -0.348 e. The molecule has 1 aliphatic rings. The lowest BCUT2D eigenvalue weighted by molar-refractivity contribution is 0.103. The number of thiophene rings is 1. The molecule has 2 aromatic heterocycles. The van der Waals surface area contributed by atoms with Crippen molar-refractivity contribution in [3.05, 3.63) is 65.5 Å². The summed E-state index contributed by atoms with van der Waals surface area (Å²) in [4.78, 5) is 21.5. The largest absolute Gasteiger partial charge is 0.348 e. The second-order valence-electron chi connectivity index (χ2n) is 7.22. The van der Waals surface area contributed by atoms with E-state index in [0.717, 1.165) is 39.0 Å². The molecular formula is C23H21N3OS2. The zero-order valence-corrected chi connectivity index (χ0v) is 17.6. The second kappa shape index (κ2) is 7.97. The lowest BCUT2D eigenvalue weighted by Crippen LogP contribution is -2.29. The number of fused-ring (bicyclic) bond motifs is 1. The Kier molecular flexibility index (Phi) is 5.04. The molecule has 5 rings (SSSR count). The van der Waals surface area contributed by atoms with Crippen molar-refractivity contribution in [3.8, 4) is 11.1 Å². The molecule has 1 saturated heterocycles. The average molecular weight is 420 g/mol. The minimum absolute atomic E-state index is 0.0767. The molecule has 1 aliphatic heterocycles. The van der Waals surface area contributed by atoms with E-state index >= 15 is 0 Å². The highest BCUT2D eigenvalue weighted by molar-refractivity contribution is 7.29. The first-order chi connectivity index (χ1) is 14.3. The van der Waals surface area contributed by atoms with E-state index < -0.39 is 0 Å². The highest BCUT2D eigenvalue weighted by Gasteiger charge is 2.18. The van der Waals surface area contributed by atoms with Crippen molar-refractivity contribution in [2.45, 2.75) is 19.3 Å². The van der Waals surface area contributed by atoms with Crippen molar-refractivity contribution in [2.75, 3.05) is 23.3 Å². The van der Waals surface area contributed by atoms with Gasteiger partial charge in [-0.15, -0.1) is 11.3 Å². The van der Waals surface area contributed by atoms with Crippen molar-refractivity contribution in [3.63, 3.8) is 0 Å². The van der Waals surface area contributed by atoms with Crippen LogP contribution in [0.25, 0.3) is 20.7 Å². The standard InChI is InChI=1S/C23H21N3OS2/c27-21(24-18-11-9-17(10-12-18)16-7-3-1-4-8-16)19-15-20-22(28-19)25-23(29-20)26-13-5-2-6-14-26/h1,3-4,7-12,15H,2,5-6,13-14H2,(H,24,27). The summed E-state index contributed by atoms with van der Waals surface area (Å²) >= 11 is 3.16. The summed E-state index contributed by atoms with van der Waals surface area (Å²) in [6.07, 6.45) is 3.79. The molecule has 0 atom stereocenters. The van der Waals surface area contributed by atoms with Crippen molar-refractivity contribution in [2.24, 2.45) is 0 Å². The molecule has 0 aliphatic carbocycles. The molecule has 4 nitrogen and oxygen atoms in total. The number of nitrogens with zero attached hydrogens (tertiary/aromatic N) is 2. The lowest BCUT2D eigenvalue weighted by atomic mass is 10.1. The zero-order valence-electron chi connectivity index (χ0n) is 15.9. The van der Waals surface area contributed by atoms with E-state index in [1.165, 1.54) is 36.2 Å². The van der Waals surface area contributed by atoms with Gasteiger partial charge in [-0.25, -0.2) is 4.98 Å². The van der Waals surface area contributed by atoms with E-state index in [9.17, 15) is 4.79 Å². The van der Waals surface area contributed by atoms with Gasteiger partial charge in [0.15, 0.2) is 5.13 Å². The maximum absolute atomic E-state index is 12.7. The number of nitrogens with one attached hydrogen (secondary N) is 1. The number of hydrogen-bond donors (Lipinski definition) is 1. The molecule has 1 N–H and O–H groups in total. The number of benzene rings is 2. The van der Waals surface area contributed by atoms with Gasteiger partial charge in [-0.05, 0) is 48.6 Å². The fourth-order valence-corrected chi connectivity index (χ4v) is 5.78. The highest BCUT2D eigenvalue weighted by Crippen LogP contribution is 2.36. The van der Waals surface area contributed by atoms with Gasteiger partial charge in [-0.2, -0.15) is 0 Å². The predicted octanol–water partition coefficient (Wildman–Crippen LogP) is 6.27. The Morgan fingerprint density at radius 1 is 0.897 bits per heavy atom. The van der Waals surface area contributed by atoms with Gasteiger partial charge in [0.2, 0.25) is 0 Å². The van der Waals surface area contributed by atoms with E-state index in [1.807, 2.05) is 48.5 Å². The molecular weight excluding hydrogens is 398 g/mol. The Bertz CT molecular complexity index is 1090. The van der Waals surface area contributed by atoms with Crippen LogP contribution in [-0.4, -0.2) is 24.0 Å². The summed E-state index contributed by atoms with van der Waals surface area (Å²) in [6.45, 7) is 2.18. The van der Waals surface area contributed by atoms with Gasteiger partial charge < -0.3 is 10.2 Å². The molecule has 0 spiro atoms. The SMILES string of the molecule is O=C(Nc1ccc(-c2ccccc2)cc1)c1cc2sc(N3CCCCC3)nc2s1. The van der Waals surface area contributed by atoms with Crippen LogP contribution >= 0.6 is 22.7 Å².